The predicted octanol–water partition coefficient (Wildman–Crippen LogP) is 3.07. The van der Waals surface area contributed by atoms with Gasteiger partial charge in [-0.25, -0.2) is 14.6 Å². The van der Waals surface area contributed by atoms with E-state index >= 15 is 0 Å². The summed E-state index contributed by atoms with van der Waals surface area (Å²) in [5, 5.41) is 12.3. The zero-order valence-electron chi connectivity index (χ0n) is 14.7. The summed E-state index contributed by atoms with van der Waals surface area (Å²) in [4.78, 5) is 27.6. The standard InChI is InChI=1S/C20H17N3O4S/c24-19(25)17(9-18-21-11-22-28-18)23-20(26)27-10-16-14-7-3-1-5-12(14)13-6-2-4-8-15(13)16/h1-8,11,16-17H,9-10H2,(H,23,26)(H,24,25). The molecule has 0 aliphatic heterocycles. The maximum absolute atomic E-state index is 12.2. The average Bonchev–Trinajstić information content (AvgIpc) is 3.32. The maximum Gasteiger partial charge on any atom is 0.407 e. The highest BCUT2D eigenvalue weighted by Gasteiger charge is 2.30. The molecule has 0 spiro atoms. The third kappa shape index (κ3) is 3.59. The number of ether oxygens (including phenoxy) is 1. The van der Waals surface area contributed by atoms with Crippen LogP contribution in [0.15, 0.2) is 54.9 Å². The molecule has 2 N–H and O–H groups in total. The van der Waals surface area contributed by atoms with Crippen LogP contribution in [0.3, 0.4) is 0 Å². The lowest BCUT2D eigenvalue weighted by Crippen LogP contribution is -2.42. The van der Waals surface area contributed by atoms with Crippen LogP contribution in [0.4, 0.5) is 4.79 Å². The van der Waals surface area contributed by atoms with Crippen molar-refractivity contribution in [2.24, 2.45) is 0 Å². The number of amides is 1. The Bertz CT molecular complexity index is 961. The first-order valence-electron chi connectivity index (χ1n) is 8.73. The zero-order valence-corrected chi connectivity index (χ0v) is 15.6. The lowest BCUT2D eigenvalue weighted by molar-refractivity contribution is -0.139. The molecule has 1 aliphatic carbocycles. The summed E-state index contributed by atoms with van der Waals surface area (Å²) < 4.78 is 9.23. The van der Waals surface area contributed by atoms with Crippen LogP contribution >= 0.6 is 11.5 Å². The Balaban J connectivity index is 1.44. The summed E-state index contributed by atoms with van der Waals surface area (Å²) in [5.41, 5.74) is 4.46. The SMILES string of the molecule is O=C(NC(Cc1ncns1)C(=O)O)OCC1c2ccccc2-c2ccccc21. The second kappa shape index (κ2) is 7.77. The topological polar surface area (TPSA) is 101 Å². The van der Waals surface area contributed by atoms with E-state index in [0.717, 1.165) is 33.8 Å². The molecule has 2 aromatic carbocycles. The predicted molar refractivity (Wildman–Crippen MR) is 103 cm³/mol. The van der Waals surface area contributed by atoms with Gasteiger partial charge in [0, 0.05) is 12.3 Å². The number of hydrogen-bond acceptors (Lipinski definition) is 6. The van der Waals surface area contributed by atoms with Gasteiger partial charge in [0.05, 0.1) is 0 Å². The number of nitrogens with zero attached hydrogens (tertiary/aromatic N) is 2. The lowest BCUT2D eigenvalue weighted by Gasteiger charge is -2.17. The minimum Gasteiger partial charge on any atom is -0.480 e. The summed E-state index contributed by atoms with van der Waals surface area (Å²) in [6, 6.07) is 14.9. The molecule has 0 fully saturated rings. The lowest BCUT2D eigenvalue weighted by atomic mass is 9.98. The number of aliphatic carboxylic acids is 1. The fourth-order valence-electron chi connectivity index (χ4n) is 3.44. The monoisotopic (exact) mass is 395 g/mol. The Morgan fingerprint density at radius 1 is 1.11 bits per heavy atom. The van der Waals surface area contributed by atoms with Gasteiger partial charge in [-0.3, -0.25) is 0 Å². The molecule has 0 saturated carbocycles. The van der Waals surface area contributed by atoms with Crippen LogP contribution in [0.1, 0.15) is 22.1 Å². The average molecular weight is 395 g/mol. The summed E-state index contributed by atoms with van der Waals surface area (Å²) in [6.07, 6.45) is 0.648. The quantitative estimate of drug-likeness (QED) is 0.665. The van der Waals surface area contributed by atoms with E-state index < -0.39 is 18.1 Å². The number of fused-ring (bicyclic) bond motifs is 3. The summed E-state index contributed by atoms with van der Waals surface area (Å²) in [7, 11) is 0. The highest BCUT2D eigenvalue weighted by molar-refractivity contribution is 7.05. The van der Waals surface area contributed by atoms with Crippen molar-refractivity contribution in [2.45, 2.75) is 18.4 Å². The summed E-state index contributed by atoms with van der Waals surface area (Å²) in [5.74, 6) is -1.23. The van der Waals surface area contributed by atoms with E-state index in [0.29, 0.717) is 5.01 Å². The van der Waals surface area contributed by atoms with E-state index in [1.807, 2.05) is 36.4 Å². The molecule has 0 saturated heterocycles. The smallest absolute Gasteiger partial charge is 0.407 e. The zero-order chi connectivity index (χ0) is 19.5. The number of nitrogens with one attached hydrogen (secondary N) is 1. The van der Waals surface area contributed by atoms with Crippen LogP contribution in [0.5, 0.6) is 0 Å². The number of hydrogen-bond donors (Lipinski definition) is 2. The van der Waals surface area contributed by atoms with Crippen LogP contribution in [-0.2, 0) is 16.0 Å². The number of benzene rings is 2. The molecule has 1 aromatic heterocycles. The van der Waals surface area contributed by atoms with Crippen LogP contribution < -0.4 is 5.32 Å². The normalized spacial score (nSPS) is 13.4. The van der Waals surface area contributed by atoms with Gasteiger partial charge in [0.1, 0.15) is 24.0 Å². The molecular formula is C20H17N3O4S. The van der Waals surface area contributed by atoms with Gasteiger partial charge in [-0.05, 0) is 33.8 Å². The van der Waals surface area contributed by atoms with Crippen molar-refractivity contribution in [3.63, 3.8) is 0 Å². The van der Waals surface area contributed by atoms with Gasteiger partial charge in [-0.2, -0.15) is 4.37 Å². The van der Waals surface area contributed by atoms with E-state index in [9.17, 15) is 14.7 Å². The molecule has 1 atom stereocenters. The van der Waals surface area contributed by atoms with Gasteiger partial charge in [-0.15, -0.1) is 0 Å². The third-order valence-electron chi connectivity index (χ3n) is 4.72. The Morgan fingerprint density at radius 2 is 1.75 bits per heavy atom. The largest absolute Gasteiger partial charge is 0.480 e. The van der Waals surface area contributed by atoms with Gasteiger partial charge >= 0.3 is 12.1 Å². The van der Waals surface area contributed by atoms with Crippen molar-refractivity contribution >= 4 is 23.6 Å². The van der Waals surface area contributed by atoms with Gasteiger partial charge in [0.2, 0.25) is 0 Å². The van der Waals surface area contributed by atoms with Crippen molar-refractivity contribution in [3.8, 4) is 11.1 Å². The molecule has 0 radical (unpaired) electrons. The van der Waals surface area contributed by atoms with Crippen LogP contribution in [-0.4, -0.2) is 39.2 Å². The van der Waals surface area contributed by atoms with Crippen LogP contribution in [0.2, 0.25) is 0 Å². The molecule has 3 aromatic rings. The number of aromatic nitrogens is 2. The molecule has 142 valence electrons. The van der Waals surface area contributed by atoms with Crippen molar-refractivity contribution < 1.29 is 19.4 Å². The van der Waals surface area contributed by atoms with Gasteiger partial charge in [-0.1, -0.05) is 48.5 Å². The van der Waals surface area contributed by atoms with Crippen molar-refractivity contribution in [3.05, 3.63) is 71.0 Å². The van der Waals surface area contributed by atoms with Gasteiger partial charge < -0.3 is 15.2 Å². The van der Waals surface area contributed by atoms with Crippen LogP contribution in [0, 0.1) is 0 Å². The van der Waals surface area contributed by atoms with E-state index in [4.69, 9.17) is 4.74 Å². The molecule has 1 aliphatic rings. The van der Waals surface area contributed by atoms with Crippen molar-refractivity contribution in [2.75, 3.05) is 6.61 Å². The van der Waals surface area contributed by atoms with Crippen LogP contribution in [0.25, 0.3) is 11.1 Å². The molecule has 1 amide bonds. The van der Waals surface area contributed by atoms with E-state index in [1.54, 1.807) is 0 Å². The van der Waals surface area contributed by atoms with Crippen molar-refractivity contribution in [1.29, 1.82) is 0 Å². The second-order valence-corrected chi connectivity index (χ2v) is 7.26. The Kier molecular flexibility index (Phi) is 5.03. The molecule has 28 heavy (non-hydrogen) atoms. The molecule has 1 heterocycles. The fraction of sp³-hybridized carbons (Fsp3) is 0.200. The first kappa shape index (κ1) is 18.1. The number of carbonyl (C=O) groups excluding carboxylic acids is 1. The Labute approximate surface area is 165 Å². The first-order chi connectivity index (χ1) is 13.6. The Morgan fingerprint density at radius 3 is 2.32 bits per heavy atom. The van der Waals surface area contributed by atoms with E-state index in [2.05, 4.69) is 26.8 Å². The minimum absolute atomic E-state index is 0.0597. The molecule has 4 rings (SSSR count). The molecule has 0 bridgehead atoms. The fourth-order valence-corrected chi connectivity index (χ4v) is 3.99. The Hall–Kier alpha value is -3.26. The number of carbonyl (C=O) groups is 2. The number of carboxylic acids is 1. The number of alkyl carbamates (subject to hydrolysis) is 1. The summed E-state index contributed by atoms with van der Waals surface area (Å²) in [6.45, 7) is 0.130. The first-order valence-corrected chi connectivity index (χ1v) is 9.50. The highest BCUT2D eigenvalue weighted by Crippen LogP contribution is 2.44. The molecular weight excluding hydrogens is 378 g/mol. The summed E-state index contributed by atoms with van der Waals surface area (Å²) >= 11 is 1.10. The number of carboxylic acid groups (broad SMARTS) is 1. The van der Waals surface area contributed by atoms with E-state index in [1.165, 1.54) is 6.33 Å². The minimum atomic E-state index is -1.15. The van der Waals surface area contributed by atoms with E-state index in [-0.39, 0.29) is 18.9 Å². The third-order valence-corrected chi connectivity index (χ3v) is 5.40. The van der Waals surface area contributed by atoms with Gasteiger partial charge in [0.15, 0.2) is 0 Å². The number of rotatable bonds is 6. The molecule has 7 nitrogen and oxygen atoms in total. The van der Waals surface area contributed by atoms with Crippen molar-refractivity contribution in [1.82, 2.24) is 14.7 Å². The molecule has 1 unspecified atom stereocenters. The van der Waals surface area contributed by atoms with Gasteiger partial charge in [0.25, 0.3) is 0 Å². The highest BCUT2D eigenvalue weighted by atomic mass is 32.1. The maximum atomic E-state index is 12.2. The molecule has 8 heteroatoms. The second-order valence-electron chi connectivity index (χ2n) is 6.40.